The highest BCUT2D eigenvalue weighted by molar-refractivity contribution is 5.68. The number of ether oxygens (including phenoxy) is 1. The Morgan fingerprint density at radius 1 is 1.25 bits per heavy atom. The van der Waals surface area contributed by atoms with Gasteiger partial charge in [-0.2, -0.15) is 0 Å². The number of anilines is 1. The number of aryl methyl sites for hydroxylation is 2. The van der Waals surface area contributed by atoms with Gasteiger partial charge in [0.15, 0.2) is 5.82 Å². The van der Waals surface area contributed by atoms with Crippen LogP contribution in [0.1, 0.15) is 41.9 Å². The molecule has 1 atom stereocenters. The van der Waals surface area contributed by atoms with Crippen LogP contribution < -0.4 is 10.1 Å². The first kappa shape index (κ1) is 21.7. The minimum absolute atomic E-state index is 0.108. The van der Waals surface area contributed by atoms with E-state index in [1.165, 1.54) is 17.7 Å². The van der Waals surface area contributed by atoms with Crippen molar-refractivity contribution in [1.82, 2.24) is 9.97 Å². The molecule has 0 unspecified atom stereocenters. The second-order valence-electron chi connectivity index (χ2n) is 8.05. The molecule has 1 aliphatic carbocycles. The number of fused-ring (bicyclic) bond motifs is 1. The van der Waals surface area contributed by atoms with Crippen LogP contribution in [0.25, 0.3) is 11.4 Å². The SMILES string of the molecule is Cc1cnc(-c2ccc(F)cc2)nc1NCCCOc1ccc2c(c1)CC[C@H]2CC(=O)O. The zero-order valence-corrected chi connectivity index (χ0v) is 18.0. The molecule has 1 heterocycles. The van der Waals surface area contributed by atoms with Crippen molar-refractivity contribution in [2.75, 3.05) is 18.5 Å². The maximum atomic E-state index is 13.1. The molecule has 0 saturated carbocycles. The second kappa shape index (κ2) is 9.77. The molecule has 0 aliphatic heterocycles. The van der Waals surface area contributed by atoms with Gasteiger partial charge in [0, 0.05) is 23.9 Å². The lowest BCUT2D eigenvalue weighted by Gasteiger charge is -2.12. The normalized spacial score (nSPS) is 14.8. The number of hydrogen-bond acceptors (Lipinski definition) is 5. The van der Waals surface area contributed by atoms with Crippen molar-refractivity contribution >= 4 is 11.8 Å². The predicted octanol–water partition coefficient (Wildman–Crippen LogP) is 4.98. The number of nitrogens with zero attached hydrogens (tertiary/aromatic N) is 2. The summed E-state index contributed by atoms with van der Waals surface area (Å²) >= 11 is 0. The van der Waals surface area contributed by atoms with Gasteiger partial charge in [0.05, 0.1) is 13.0 Å². The van der Waals surface area contributed by atoms with E-state index in [1.54, 1.807) is 18.3 Å². The second-order valence-corrected chi connectivity index (χ2v) is 8.05. The number of nitrogens with one attached hydrogen (secondary N) is 1. The van der Waals surface area contributed by atoms with Crippen molar-refractivity contribution in [3.63, 3.8) is 0 Å². The lowest BCUT2D eigenvalue weighted by molar-refractivity contribution is -0.137. The monoisotopic (exact) mass is 435 g/mol. The molecule has 0 saturated heterocycles. The van der Waals surface area contributed by atoms with Crippen molar-refractivity contribution in [2.24, 2.45) is 0 Å². The first-order valence-electron chi connectivity index (χ1n) is 10.8. The van der Waals surface area contributed by atoms with Crippen LogP contribution in [-0.4, -0.2) is 34.2 Å². The van der Waals surface area contributed by atoms with Gasteiger partial charge in [-0.25, -0.2) is 14.4 Å². The van der Waals surface area contributed by atoms with E-state index in [9.17, 15) is 9.18 Å². The Hall–Kier alpha value is -3.48. The lowest BCUT2D eigenvalue weighted by Crippen LogP contribution is -2.10. The van der Waals surface area contributed by atoms with E-state index in [1.807, 2.05) is 25.1 Å². The molecule has 166 valence electrons. The fourth-order valence-electron chi connectivity index (χ4n) is 4.02. The summed E-state index contributed by atoms with van der Waals surface area (Å²) in [6.45, 7) is 3.18. The first-order valence-corrected chi connectivity index (χ1v) is 10.8. The number of halogens is 1. The molecule has 1 aliphatic rings. The quantitative estimate of drug-likeness (QED) is 0.462. The Morgan fingerprint density at radius 2 is 2.06 bits per heavy atom. The van der Waals surface area contributed by atoms with E-state index in [-0.39, 0.29) is 18.2 Å². The summed E-state index contributed by atoms with van der Waals surface area (Å²) in [4.78, 5) is 19.9. The summed E-state index contributed by atoms with van der Waals surface area (Å²) in [5, 5.41) is 12.4. The number of aliphatic carboxylic acids is 1. The molecule has 0 amide bonds. The summed E-state index contributed by atoms with van der Waals surface area (Å²) in [7, 11) is 0. The summed E-state index contributed by atoms with van der Waals surface area (Å²) in [6, 6.07) is 12.1. The Balaban J connectivity index is 1.28. The molecule has 7 heteroatoms. The molecule has 0 spiro atoms. The van der Waals surface area contributed by atoms with E-state index in [0.29, 0.717) is 19.0 Å². The Kier molecular flexibility index (Phi) is 6.63. The highest BCUT2D eigenvalue weighted by atomic mass is 19.1. The van der Waals surface area contributed by atoms with Crippen LogP contribution in [0.15, 0.2) is 48.7 Å². The number of hydrogen-bond donors (Lipinski definition) is 2. The fraction of sp³-hybridized carbons (Fsp3) is 0.320. The van der Waals surface area contributed by atoms with Crippen LogP contribution in [0.4, 0.5) is 10.2 Å². The molecule has 32 heavy (non-hydrogen) atoms. The molecule has 6 nitrogen and oxygen atoms in total. The number of carbonyl (C=O) groups is 1. The Bertz CT molecular complexity index is 1100. The van der Waals surface area contributed by atoms with Gasteiger partial charge in [-0.3, -0.25) is 4.79 Å². The third kappa shape index (κ3) is 5.22. The van der Waals surface area contributed by atoms with Gasteiger partial charge in [0.1, 0.15) is 17.4 Å². The molecule has 0 radical (unpaired) electrons. The third-order valence-corrected chi connectivity index (χ3v) is 5.69. The summed E-state index contributed by atoms with van der Waals surface area (Å²) in [6.07, 6.45) is 4.51. The molecule has 1 aromatic heterocycles. The molecule has 2 aromatic carbocycles. The van der Waals surface area contributed by atoms with E-state index < -0.39 is 5.97 Å². The highest BCUT2D eigenvalue weighted by Crippen LogP contribution is 2.37. The third-order valence-electron chi connectivity index (χ3n) is 5.69. The van der Waals surface area contributed by atoms with Crippen molar-refractivity contribution < 1.29 is 19.0 Å². The summed E-state index contributed by atoms with van der Waals surface area (Å²) in [5.41, 5.74) is 4.03. The van der Waals surface area contributed by atoms with Gasteiger partial charge in [-0.05, 0) is 79.6 Å². The van der Waals surface area contributed by atoms with Crippen LogP contribution in [0.3, 0.4) is 0 Å². The van der Waals surface area contributed by atoms with Gasteiger partial charge in [-0.1, -0.05) is 6.07 Å². The molecule has 2 N–H and O–H groups in total. The number of aromatic nitrogens is 2. The number of rotatable bonds is 9. The smallest absolute Gasteiger partial charge is 0.303 e. The van der Waals surface area contributed by atoms with Crippen molar-refractivity contribution in [2.45, 2.75) is 38.5 Å². The summed E-state index contributed by atoms with van der Waals surface area (Å²) < 4.78 is 19.0. The van der Waals surface area contributed by atoms with E-state index in [2.05, 4.69) is 15.3 Å². The minimum Gasteiger partial charge on any atom is -0.494 e. The van der Waals surface area contributed by atoms with Gasteiger partial charge in [0.2, 0.25) is 0 Å². The van der Waals surface area contributed by atoms with Crippen LogP contribution >= 0.6 is 0 Å². The van der Waals surface area contributed by atoms with E-state index >= 15 is 0 Å². The molecular weight excluding hydrogens is 409 g/mol. The maximum absolute atomic E-state index is 13.1. The largest absolute Gasteiger partial charge is 0.494 e. The number of benzene rings is 2. The van der Waals surface area contributed by atoms with Gasteiger partial charge >= 0.3 is 5.97 Å². The van der Waals surface area contributed by atoms with Crippen LogP contribution in [0, 0.1) is 12.7 Å². The lowest BCUT2D eigenvalue weighted by atomic mass is 9.98. The van der Waals surface area contributed by atoms with Gasteiger partial charge in [-0.15, -0.1) is 0 Å². The average Bonchev–Trinajstić information content (AvgIpc) is 3.16. The Morgan fingerprint density at radius 3 is 2.84 bits per heavy atom. The minimum atomic E-state index is -0.751. The molecule has 4 rings (SSSR count). The number of carboxylic acids is 1. The summed E-state index contributed by atoms with van der Waals surface area (Å²) in [5.74, 6) is 1.19. The topological polar surface area (TPSA) is 84.3 Å². The fourth-order valence-corrected chi connectivity index (χ4v) is 4.02. The van der Waals surface area contributed by atoms with Gasteiger partial charge < -0.3 is 15.2 Å². The zero-order valence-electron chi connectivity index (χ0n) is 18.0. The van der Waals surface area contributed by atoms with Crippen molar-refractivity contribution in [3.8, 4) is 17.1 Å². The average molecular weight is 435 g/mol. The Labute approximate surface area is 186 Å². The number of carboxylic acid groups (broad SMARTS) is 1. The van der Waals surface area contributed by atoms with Crippen LogP contribution in [-0.2, 0) is 11.2 Å². The van der Waals surface area contributed by atoms with E-state index in [4.69, 9.17) is 9.84 Å². The van der Waals surface area contributed by atoms with Crippen molar-refractivity contribution in [3.05, 3.63) is 71.2 Å². The molecule has 0 bridgehead atoms. The highest BCUT2D eigenvalue weighted by Gasteiger charge is 2.24. The predicted molar refractivity (Wildman–Crippen MR) is 121 cm³/mol. The molecule has 0 fully saturated rings. The zero-order chi connectivity index (χ0) is 22.5. The van der Waals surface area contributed by atoms with Crippen LogP contribution in [0.5, 0.6) is 5.75 Å². The maximum Gasteiger partial charge on any atom is 0.303 e. The van der Waals surface area contributed by atoms with Gasteiger partial charge in [0.25, 0.3) is 0 Å². The van der Waals surface area contributed by atoms with E-state index in [0.717, 1.165) is 47.5 Å². The van der Waals surface area contributed by atoms with Crippen LogP contribution in [0.2, 0.25) is 0 Å². The molecular formula is C25H26FN3O3. The first-order chi connectivity index (χ1) is 15.5. The van der Waals surface area contributed by atoms with Crippen molar-refractivity contribution in [1.29, 1.82) is 0 Å². The molecule has 3 aromatic rings. The standard InChI is InChI=1S/C25H26FN3O3/c1-16-15-28-25(17-5-7-20(26)8-6-17)29-24(16)27-11-2-12-32-21-9-10-22-18(13-21)3-4-19(22)14-23(30)31/h5-10,13,15,19H,2-4,11-12,14H2,1H3,(H,30,31)(H,27,28,29)/t19-/m0/s1.